The van der Waals surface area contributed by atoms with Gasteiger partial charge in [-0.1, -0.05) is 36.2 Å². The molecule has 2 aromatic rings. The molecule has 0 saturated carbocycles. The third kappa shape index (κ3) is 7.12. The van der Waals surface area contributed by atoms with Crippen LogP contribution in [0.15, 0.2) is 53.4 Å². The summed E-state index contributed by atoms with van der Waals surface area (Å²) in [7, 11) is -3.88. The van der Waals surface area contributed by atoms with Crippen molar-refractivity contribution < 1.29 is 27.9 Å². The molecule has 2 fully saturated rings. The predicted octanol–water partition coefficient (Wildman–Crippen LogP) is 2.82. The highest BCUT2D eigenvalue weighted by atomic mass is 32.2. The molecule has 0 bridgehead atoms. The lowest BCUT2D eigenvalue weighted by atomic mass is 10.1. The number of carboxylic acids is 1. The summed E-state index contributed by atoms with van der Waals surface area (Å²) in [5, 5.41) is 12.3. The van der Waals surface area contributed by atoms with Crippen LogP contribution in [0.3, 0.4) is 0 Å². The number of amides is 1. The molecule has 2 aliphatic heterocycles. The molecule has 0 spiro atoms. The van der Waals surface area contributed by atoms with Crippen molar-refractivity contribution >= 4 is 21.9 Å². The minimum atomic E-state index is -3.88. The fourth-order valence-corrected chi connectivity index (χ4v) is 6.69. The van der Waals surface area contributed by atoms with E-state index in [1.165, 1.54) is 35.7 Å². The van der Waals surface area contributed by atoms with E-state index in [2.05, 4.69) is 10.2 Å². The molecule has 38 heavy (non-hydrogen) atoms. The van der Waals surface area contributed by atoms with Crippen LogP contribution in [0.1, 0.15) is 43.2 Å². The number of benzene rings is 2. The number of aryl methyl sites for hydroxylation is 1. The van der Waals surface area contributed by atoms with Gasteiger partial charge in [-0.2, -0.15) is 4.31 Å². The zero-order chi connectivity index (χ0) is 27.1. The average Bonchev–Trinajstić information content (AvgIpc) is 3.41. The lowest BCUT2D eigenvalue weighted by molar-refractivity contribution is -0.142. The summed E-state index contributed by atoms with van der Waals surface area (Å²) >= 11 is 0. The highest BCUT2D eigenvalue weighted by Gasteiger charge is 2.40. The zero-order valence-electron chi connectivity index (χ0n) is 21.8. The molecule has 2 N–H and O–H groups in total. The van der Waals surface area contributed by atoms with Gasteiger partial charge >= 0.3 is 5.97 Å². The van der Waals surface area contributed by atoms with Crippen LogP contribution in [-0.2, 0) is 26.0 Å². The lowest BCUT2D eigenvalue weighted by Gasteiger charge is -2.26. The Kier molecular flexibility index (Phi) is 9.40. The molecule has 0 radical (unpaired) electrons. The molecule has 0 aliphatic carbocycles. The second kappa shape index (κ2) is 12.7. The number of carboxylic acid groups (broad SMARTS) is 1. The third-order valence-electron chi connectivity index (χ3n) is 7.24. The minimum Gasteiger partial charge on any atom is -0.492 e. The summed E-state index contributed by atoms with van der Waals surface area (Å²) in [5.41, 5.74) is 1.66. The molecule has 2 atom stereocenters. The van der Waals surface area contributed by atoms with E-state index >= 15 is 0 Å². The second-order valence-electron chi connectivity index (χ2n) is 10.1. The number of ether oxygens (including phenoxy) is 1. The number of piperidine rings is 1. The summed E-state index contributed by atoms with van der Waals surface area (Å²) in [6.45, 7) is 5.78. The maximum absolute atomic E-state index is 13.2. The SMILES string of the molecule is Cc1ccc(S(=O)(=O)N2CCC[C@H]2C(=O)N[C@@H](Cc2ccc(OCCN3CCCCC3)cc2)C(=O)O)cc1. The minimum absolute atomic E-state index is 0.0760. The van der Waals surface area contributed by atoms with Crippen LogP contribution in [0.2, 0.25) is 0 Å². The summed E-state index contributed by atoms with van der Waals surface area (Å²) in [6.07, 6.45) is 4.70. The molecule has 0 unspecified atom stereocenters. The predicted molar refractivity (Wildman–Crippen MR) is 144 cm³/mol. The first-order valence-corrected chi connectivity index (χ1v) is 14.7. The van der Waals surface area contributed by atoms with E-state index in [4.69, 9.17) is 4.74 Å². The van der Waals surface area contributed by atoms with Crippen molar-refractivity contribution in [2.75, 3.05) is 32.8 Å². The number of nitrogens with zero attached hydrogens (tertiary/aromatic N) is 2. The van der Waals surface area contributed by atoms with Gasteiger partial charge in [0.05, 0.1) is 4.90 Å². The van der Waals surface area contributed by atoms with E-state index in [0.29, 0.717) is 25.2 Å². The van der Waals surface area contributed by atoms with Gasteiger partial charge in [0.2, 0.25) is 15.9 Å². The molecular formula is C28H37N3O6S. The smallest absolute Gasteiger partial charge is 0.326 e. The quantitative estimate of drug-likeness (QED) is 0.448. The summed E-state index contributed by atoms with van der Waals surface area (Å²) < 4.78 is 33.4. The van der Waals surface area contributed by atoms with Crippen molar-refractivity contribution in [2.24, 2.45) is 0 Å². The van der Waals surface area contributed by atoms with Crippen molar-refractivity contribution in [1.29, 1.82) is 0 Å². The Morgan fingerprint density at radius 2 is 1.68 bits per heavy atom. The van der Waals surface area contributed by atoms with Crippen molar-refractivity contribution in [3.63, 3.8) is 0 Å². The van der Waals surface area contributed by atoms with Gasteiger partial charge in [-0.15, -0.1) is 0 Å². The van der Waals surface area contributed by atoms with Gasteiger partial charge in [0.1, 0.15) is 24.4 Å². The number of nitrogens with one attached hydrogen (secondary N) is 1. The number of likely N-dealkylation sites (tertiary alicyclic amines) is 1. The Morgan fingerprint density at radius 3 is 2.34 bits per heavy atom. The van der Waals surface area contributed by atoms with E-state index in [1.54, 1.807) is 36.4 Å². The Bertz CT molecular complexity index is 1190. The fourth-order valence-electron chi connectivity index (χ4n) is 5.04. The van der Waals surface area contributed by atoms with Crippen LogP contribution in [0.4, 0.5) is 0 Å². The van der Waals surface area contributed by atoms with Crippen LogP contribution in [-0.4, -0.2) is 79.5 Å². The molecule has 1 amide bonds. The summed E-state index contributed by atoms with van der Waals surface area (Å²) in [6, 6.07) is 11.5. The molecular weight excluding hydrogens is 506 g/mol. The van der Waals surface area contributed by atoms with Crippen molar-refractivity contribution in [3.05, 3.63) is 59.7 Å². The third-order valence-corrected chi connectivity index (χ3v) is 9.16. The van der Waals surface area contributed by atoms with Crippen LogP contribution in [0.25, 0.3) is 0 Å². The van der Waals surface area contributed by atoms with Gasteiger partial charge < -0.3 is 15.2 Å². The topological polar surface area (TPSA) is 116 Å². The average molecular weight is 544 g/mol. The fraction of sp³-hybridized carbons (Fsp3) is 0.500. The maximum atomic E-state index is 13.2. The normalized spacial score (nSPS) is 19.7. The molecule has 10 heteroatoms. The highest BCUT2D eigenvalue weighted by Crippen LogP contribution is 2.27. The van der Waals surface area contributed by atoms with Crippen LogP contribution in [0.5, 0.6) is 5.75 Å². The van der Waals surface area contributed by atoms with Gasteiger partial charge in [0.25, 0.3) is 0 Å². The van der Waals surface area contributed by atoms with Crippen LogP contribution < -0.4 is 10.1 Å². The molecule has 2 aromatic carbocycles. The van der Waals surface area contributed by atoms with Gasteiger partial charge in [-0.05, 0) is 75.5 Å². The molecule has 2 heterocycles. The zero-order valence-corrected chi connectivity index (χ0v) is 22.7. The lowest BCUT2D eigenvalue weighted by Crippen LogP contribution is -2.51. The Hall–Kier alpha value is -2.95. The van der Waals surface area contributed by atoms with E-state index in [-0.39, 0.29) is 17.9 Å². The van der Waals surface area contributed by atoms with Crippen molar-refractivity contribution in [3.8, 4) is 5.75 Å². The van der Waals surface area contributed by atoms with E-state index in [9.17, 15) is 23.1 Å². The van der Waals surface area contributed by atoms with E-state index < -0.39 is 34.0 Å². The second-order valence-corrected chi connectivity index (χ2v) is 12.0. The number of sulfonamides is 1. The number of carbonyl (C=O) groups is 2. The molecule has 206 valence electrons. The van der Waals surface area contributed by atoms with Gasteiger partial charge in [0, 0.05) is 19.5 Å². The number of carbonyl (C=O) groups excluding carboxylic acids is 1. The number of hydrogen-bond donors (Lipinski definition) is 2. The Morgan fingerprint density at radius 1 is 1.00 bits per heavy atom. The Balaban J connectivity index is 1.34. The molecule has 4 rings (SSSR count). The molecule has 2 aliphatic rings. The molecule has 2 saturated heterocycles. The largest absolute Gasteiger partial charge is 0.492 e. The highest BCUT2D eigenvalue weighted by molar-refractivity contribution is 7.89. The first-order chi connectivity index (χ1) is 18.2. The maximum Gasteiger partial charge on any atom is 0.326 e. The van der Waals surface area contributed by atoms with Crippen molar-refractivity contribution in [1.82, 2.24) is 14.5 Å². The van der Waals surface area contributed by atoms with Gasteiger partial charge in [-0.3, -0.25) is 9.69 Å². The van der Waals surface area contributed by atoms with Crippen LogP contribution in [0, 0.1) is 6.92 Å². The monoisotopic (exact) mass is 543 g/mol. The molecule has 9 nitrogen and oxygen atoms in total. The Labute approximate surface area is 224 Å². The van der Waals surface area contributed by atoms with E-state index in [0.717, 1.165) is 30.8 Å². The standard InChI is InChI=1S/C28H37N3O6S/c1-21-7-13-24(14-8-21)38(35,36)31-17-5-6-26(31)27(32)29-25(28(33)34)20-22-9-11-23(12-10-22)37-19-18-30-15-3-2-4-16-30/h7-14,25-26H,2-6,15-20H2,1H3,(H,29,32)(H,33,34)/t25-,26-/m0/s1. The first-order valence-electron chi connectivity index (χ1n) is 13.3. The van der Waals surface area contributed by atoms with Crippen molar-refractivity contribution in [2.45, 2.75) is 62.4 Å². The summed E-state index contributed by atoms with van der Waals surface area (Å²) in [4.78, 5) is 27.6. The van der Waals surface area contributed by atoms with E-state index in [1.807, 2.05) is 6.92 Å². The number of hydrogen-bond acceptors (Lipinski definition) is 6. The van der Waals surface area contributed by atoms with Gasteiger partial charge in [-0.25, -0.2) is 13.2 Å². The first kappa shape index (κ1) is 28.1. The van der Waals surface area contributed by atoms with Crippen LogP contribution >= 0.6 is 0 Å². The molecule has 0 aromatic heterocycles. The van der Waals surface area contributed by atoms with Gasteiger partial charge in [0.15, 0.2) is 0 Å². The number of rotatable bonds is 11. The number of aliphatic carboxylic acids is 1. The summed E-state index contributed by atoms with van der Waals surface area (Å²) in [5.74, 6) is -1.06.